The number of aliphatic imine (C=N–C) groups is 1. The van der Waals surface area contributed by atoms with E-state index in [0.717, 1.165) is 63.3 Å². The zero-order valence-electron chi connectivity index (χ0n) is 18.8. The molecular formula is C24H34N4O3. The average molecular weight is 427 g/mol. The molecule has 2 aromatic carbocycles. The third-order valence-corrected chi connectivity index (χ3v) is 5.51. The lowest BCUT2D eigenvalue weighted by atomic mass is 10.0. The number of hydrogen-bond donors (Lipinski definition) is 2. The summed E-state index contributed by atoms with van der Waals surface area (Å²) in [5.74, 6) is 2.27. The number of rotatable bonds is 9. The Morgan fingerprint density at radius 1 is 1.03 bits per heavy atom. The highest BCUT2D eigenvalue weighted by Gasteiger charge is 2.24. The van der Waals surface area contributed by atoms with Gasteiger partial charge in [0.25, 0.3) is 0 Å². The molecule has 3 rings (SSSR count). The van der Waals surface area contributed by atoms with Crippen molar-refractivity contribution in [3.63, 3.8) is 0 Å². The quantitative estimate of drug-likeness (QED) is 0.474. The largest absolute Gasteiger partial charge is 0.493 e. The van der Waals surface area contributed by atoms with Crippen LogP contribution in [0.15, 0.2) is 53.5 Å². The van der Waals surface area contributed by atoms with Crippen LogP contribution in [-0.2, 0) is 11.2 Å². The van der Waals surface area contributed by atoms with Crippen molar-refractivity contribution in [2.75, 3.05) is 60.7 Å². The fourth-order valence-electron chi connectivity index (χ4n) is 3.79. The van der Waals surface area contributed by atoms with Gasteiger partial charge in [-0.25, -0.2) is 0 Å². The minimum absolute atomic E-state index is 0.163. The first kappa shape index (κ1) is 22.9. The van der Waals surface area contributed by atoms with Crippen molar-refractivity contribution >= 4 is 5.96 Å². The maximum absolute atomic E-state index is 5.57. The van der Waals surface area contributed by atoms with Gasteiger partial charge in [-0.1, -0.05) is 36.4 Å². The summed E-state index contributed by atoms with van der Waals surface area (Å²) in [6.45, 7) is 4.81. The Kier molecular flexibility index (Phi) is 8.99. The number of nitrogens with one attached hydrogen (secondary N) is 2. The minimum atomic E-state index is 0.163. The predicted octanol–water partition coefficient (Wildman–Crippen LogP) is 2.48. The van der Waals surface area contributed by atoms with Crippen LogP contribution in [0, 0.1) is 0 Å². The van der Waals surface area contributed by atoms with E-state index in [1.54, 1.807) is 21.3 Å². The molecule has 7 nitrogen and oxygen atoms in total. The molecule has 7 heteroatoms. The summed E-state index contributed by atoms with van der Waals surface area (Å²) in [6, 6.07) is 16.8. The van der Waals surface area contributed by atoms with Crippen LogP contribution >= 0.6 is 0 Å². The molecule has 2 aromatic rings. The fourth-order valence-corrected chi connectivity index (χ4v) is 3.79. The number of morpholine rings is 1. The molecule has 0 bridgehead atoms. The fraction of sp³-hybridized carbons (Fsp3) is 0.458. The Labute approximate surface area is 185 Å². The van der Waals surface area contributed by atoms with Crippen molar-refractivity contribution in [3.05, 3.63) is 59.7 Å². The van der Waals surface area contributed by atoms with E-state index in [1.165, 1.54) is 11.1 Å². The molecule has 2 N–H and O–H groups in total. The summed E-state index contributed by atoms with van der Waals surface area (Å²) < 4.78 is 16.5. The summed E-state index contributed by atoms with van der Waals surface area (Å²) in [6.07, 6.45) is 0.949. The monoisotopic (exact) mass is 426 g/mol. The van der Waals surface area contributed by atoms with Gasteiger partial charge in [0, 0.05) is 33.2 Å². The van der Waals surface area contributed by atoms with Crippen LogP contribution in [0.2, 0.25) is 0 Å². The number of benzene rings is 2. The van der Waals surface area contributed by atoms with Crippen molar-refractivity contribution in [2.24, 2.45) is 4.99 Å². The van der Waals surface area contributed by atoms with Gasteiger partial charge in [0.05, 0.1) is 33.5 Å². The highest BCUT2D eigenvalue weighted by molar-refractivity contribution is 5.79. The molecule has 0 radical (unpaired) electrons. The van der Waals surface area contributed by atoms with Gasteiger partial charge in [-0.05, 0) is 29.7 Å². The van der Waals surface area contributed by atoms with Gasteiger partial charge >= 0.3 is 0 Å². The van der Waals surface area contributed by atoms with E-state index in [0.29, 0.717) is 0 Å². The normalized spacial score (nSPS) is 15.9. The Morgan fingerprint density at radius 2 is 1.77 bits per heavy atom. The summed E-state index contributed by atoms with van der Waals surface area (Å²) in [5.41, 5.74) is 2.48. The van der Waals surface area contributed by atoms with E-state index in [-0.39, 0.29) is 6.04 Å². The zero-order chi connectivity index (χ0) is 21.9. The second-order valence-corrected chi connectivity index (χ2v) is 7.39. The first-order chi connectivity index (χ1) is 15.2. The summed E-state index contributed by atoms with van der Waals surface area (Å²) in [4.78, 5) is 6.84. The van der Waals surface area contributed by atoms with Crippen molar-refractivity contribution in [1.82, 2.24) is 15.5 Å². The minimum Gasteiger partial charge on any atom is -0.493 e. The van der Waals surface area contributed by atoms with Crippen LogP contribution in [0.25, 0.3) is 0 Å². The van der Waals surface area contributed by atoms with Gasteiger partial charge in [-0.2, -0.15) is 0 Å². The Morgan fingerprint density at radius 3 is 2.45 bits per heavy atom. The molecule has 1 heterocycles. The zero-order valence-corrected chi connectivity index (χ0v) is 18.8. The van der Waals surface area contributed by atoms with Crippen LogP contribution in [0.1, 0.15) is 17.2 Å². The van der Waals surface area contributed by atoms with Gasteiger partial charge in [0.15, 0.2) is 17.5 Å². The SMILES string of the molecule is CN=C(NCCc1ccccc1)NCC(c1ccc(OC)c(OC)c1)N1CCOCC1. The smallest absolute Gasteiger partial charge is 0.191 e. The highest BCUT2D eigenvalue weighted by atomic mass is 16.5. The predicted molar refractivity (Wildman–Crippen MR) is 124 cm³/mol. The third-order valence-electron chi connectivity index (χ3n) is 5.51. The molecule has 0 spiro atoms. The van der Waals surface area contributed by atoms with Gasteiger partial charge in [-0.15, -0.1) is 0 Å². The van der Waals surface area contributed by atoms with Gasteiger partial charge in [0.2, 0.25) is 0 Å². The summed E-state index contributed by atoms with van der Waals surface area (Å²) in [7, 11) is 5.13. The molecule has 1 aliphatic heterocycles. The molecule has 0 amide bonds. The van der Waals surface area contributed by atoms with E-state index < -0.39 is 0 Å². The molecule has 0 saturated carbocycles. The first-order valence-corrected chi connectivity index (χ1v) is 10.8. The first-order valence-electron chi connectivity index (χ1n) is 10.8. The molecule has 168 valence electrons. The molecule has 1 aliphatic rings. The van der Waals surface area contributed by atoms with E-state index in [2.05, 4.69) is 56.9 Å². The molecular weight excluding hydrogens is 392 g/mol. The van der Waals surface area contributed by atoms with E-state index >= 15 is 0 Å². The van der Waals surface area contributed by atoms with Crippen molar-refractivity contribution in [1.29, 1.82) is 0 Å². The van der Waals surface area contributed by atoms with Crippen LogP contribution < -0.4 is 20.1 Å². The maximum atomic E-state index is 5.57. The summed E-state index contributed by atoms with van der Waals surface area (Å²) in [5, 5.41) is 6.92. The molecule has 1 unspecified atom stereocenters. The number of ether oxygens (including phenoxy) is 3. The molecule has 0 aromatic heterocycles. The van der Waals surface area contributed by atoms with Crippen LogP contribution in [0.3, 0.4) is 0 Å². The number of guanidine groups is 1. The highest BCUT2D eigenvalue weighted by Crippen LogP contribution is 2.32. The van der Waals surface area contributed by atoms with Crippen LogP contribution in [0.5, 0.6) is 11.5 Å². The number of methoxy groups -OCH3 is 2. The molecule has 0 aliphatic carbocycles. The molecule has 1 saturated heterocycles. The van der Waals surface area contributed by atoms with Gasteiger partial charge in [0.1, 0.15) is 0 Å². The Hall–Kier alpha value is -2.77. The number of nitrogens with zero attached hydrogens (tertiary/aromatic N) is 2. The van der Waals surface area contributed by atoms with Gasteiger partial charge < -0.3 is 24.8 Å². The summed E-state index contributed by atoms with van der Waals surface area (Å²) >= 11 is 0. The lowest BCUT2D eigenvalue weighted by Gasteiger charge is -2.35. The van der Waals surface area contributed by atoms with Crippen molar-refractivity contribution in [2.45, 2.75) is 12.5 Å². The van der Waals surface area contributed by atoms with Crippen LogP contribution in [0.4, 0.5) is 0 Å². The lowest BCUT2D eigenvalue weighted by Crippen LogP contribution is -2.46. The van der Waals surface area contributed by atoms with Crippen molar-refractivity contribution in [3.8, 4) is 11.5 Å². The third kappa shape index (κ3) is 6.60. The topological polar surface area (TPSA) is 67.4 Å². The molecule has 31 heavy (non-hydrogen) atoms. The molecule has 1 atom stereocenters. The van der Waals surface area contributed by atoms with E-state index in [9.17, 15) is 0 Å². The van der Waals surface area contributed by atoms with Crippen molar-refractivity contribution < 1.29 is 14.2 Å². The van der Waals surface area contributed by atoms with E-state index in [4.69, 9.17) is 14.2 Å². The molecule has 1 fully saturated rings. The Bertz CT molecular complexity index is 823. The number of hydrogen-bond acceptors (Lipinski definition) is 5. The lowest BCUT2D eigenvalue weighted by molar-refractivity contribution is 0.0169. The Balaban J connectivity index is 1.65. The average Bonchev–Trinajstić information content (AvgIpc) is 2.84. The van der Waals surface area contributed by atoms with Gasteiger partial charge in [-0.3, -0.25) is 9.89 Å². The van der Waals surface area contributed by atoms with Crippen LogP contribution in [-0.4, -0.2) is 71.5 Å². The maximum Gasteiger partial charge on any atom is 0.191 e. The standard InChI is InChI=1S/C24H34N4O3/c1-25-24(26-12-11-19-7-5-4-6-8-19)27-18-21(28-13-15-31-16-14-28)20-9-10-22(29-2)23(17-20)30-3/h4-10,17,21H,11-16,18H2,1-3H3,(H2,25,26,27). The van der Waals surface area contributed by atoms with E-state index in [1.807, 2.05) is 12.1 Å². The second kappa shape index (κ2) is 12.2. The second-order valence-electron chi connectivity index (χ2n) is 7.39.